The first-order valence-corrected chi connectivity index (χ1v) is 12.3. The van der Waals surface area contributed by atoms with Gasteiger partial charge in [0.15, 0.2) is 17.2 Å². The van der Waals surface area contributed by atoms with E-state index in [1.165, 1.54) is 0 Å². The lowest BCUT2D eigenvalue weighted by Gasteiger charge is -2.40. The van der Waals surface area contributed by atoms with Crippen LogP contribution in [0, 0.1) is 5.92 Å². The third-order valence-electron chi connectivity index (χ3n) is 6.99. The molecule has 3 aromatic rings. The van der Waals surface area contributed by atoms with Crippen molar-refractivity contribution in [3.8, 4) is 5.75 Å². The Bertz CT molecular complexity index is 1210. The first-order valence-electron chi connectivity index (χ1n) is 11.9. The maximum atomic E-state index is 13.6. The average molecular weight is 484 g/mol. The van der Waals surface area contributed by atoms with E-state index < -0.39 is 5.60 Å². The predicted octanol–water partition coefficient (Wildman–Crippen LogP) is 4.83. The van der Waals surface area contributed by atoms with Crippen molar-refractivity contribution in [3.63, 3.8) is 0 Å². The Morgan fingerprint density at radius 1 is 1.29 bits per heavy atom. The monoisotopic (exact) mass is 483 g/mol. The van der Waals surface area contributed by atoms with Crippen LogP contribution in [0.15, 0.2) is 34.9 Å². The van der Waals surface area contributed by atoms with Crippen LogP contribution in [0.25, 0.3) is 11.1 Å². The van der Waals surface area contributed by atoms with Gasteiger partial charge >= 0.3 is 0 Å². The molecule has 0 spiro atoms. The van der Waals surface area contributed by atoms with Crippen LogP contribution >= 0.6 is 11.6 Å². The number of halogens is 1. The molecular weight excluding hydrogens is 454 g/mol. The number of aromatic nitrogens is 2. The molecule has 1 aliphatic heterocycles. The van der Waals surface area contributed by atoms with Crippen LogP contribution in [0.4, 0.5) is 0 Å². The molecule has 2 unspecified atom stereocenters. The van der Waals surface area contributed by atoms with Crippen LogP contribution in [-0.2, 0) is 12.8 Å². The minimum Gasteiger partial charge on any atom is -0.493 e. The molecule has 1 saturated heterocycles. The fraction of sp³-hybridized carbons (Fsp3) is 0.500. The Morgan fingerprint density at radius 2 is 2.12 bits per heavy atom. The molecule has 3 heterocycles. The zero-order valence-electron chi connectivity index (χ0n) is 19.6. The second-order valence-electron chi connectivity index (χ2n) is 9.82. The standard InChI is InChI=1S/C26H30ClN3O4/c1-16-3-5-20(14-26(32)8-9-26)30(15-16)25(31)17-11-21-24(22(12-17)33-2)34-23(29-21)6-4-19-13-18(27)7-10-28-19/h7,10-13,16,20,32H,3-6,8-9,14-15H2,1-2H3. The summed E-state index contributed by atoms with van der Waals surface area (Å²) in [6.07, 6.45) is 7.16. The molecule has 7 nitrogen and oxygen atoms in total. The predicted molar refractivity (Wildman–Crippen MR) is 129 cm³/mol. The number of rotatable bonds is 7. The molecule has 0 radical (unpaired) electrons. The minimum absolute atomic E-state index is 0.0475. The summed E-state index contributed by atoms with van der Waals surface area (Å²) in [7, 11) is 1.56. The number of carbonyl (C=O) groups excluding carboxylic acids is 1. The number of hydrogen-bond acceptors (Lipinski definition) is 6. The molecule has 2 fully saturated rings. The average Bonchev–Trinajstić information content (AvgIpc) is 3.39. The molecule has 2 aliphatic rings. The lowest BCUT2D eigenvalue weighted by atomic mass is 9.89. The van der Waals surface area contributed by atoms with Crippen LogP contribution in [0.3, 0.4) is 0 Å². The number of piperidine rings is 1. The number of carbonyl (C=O) groups is 1. The van der Waals surface area contributed by atoms with Gasteiger partial charge in [0, 0.05) is 41.5 Å². The summed E-state index contributed by atoms with van der Waals surface area (Å²) in [6.45, 7) is 2.86. The van der Waals surface area contributed by atoms with Crippen LogP contribution < -0.4 is 4.74 Å². The van der Waals surface area contributed by atoms with E-state index >= 15 is 0 Å². The van der Waals surface area contributed by atoms with Crippen molar-refractivity contribution in [2.45, 2.75) is 63.5 Å². The van der Waals surface area contributed by atoms with Gasteiger partial charge in [-0.1, -0.05) is 18.5 Å². The number of hydrogen-bond donors (Lipinski definition) is 1. The van der Waals surface area contributed by atoms with Crippen molar-refractivity contribution < 1.29 is 19.1 Å². The van der Waals surface area contributed by atoms with Crippen molar-refractivity contribution in [2.75, 3.05) is 13.7 Å². The number of aryl methyl sites for hydroxylation is 2. The summed E-state index contributed by atoms with van der Waals surface area (Å²) >= 11 is 6.05. The highest BCUT2D eigenvalue weighted by molar-refractivity contribution is 6.30. The molecule has 1 aliphatic carbocycles. The van der Waals surface area contributed by atoms with Gasteiger partial charge in [-0.05, 0) is 68.7 Å². The summed E-state index contributed by atoms with van der Waals surface area (Å²) in [5.74, 6) is 1.43. The first kappa shape index (κ1) is 23.1. The summed E-state index contributed by atoms with van der Waals surface area (Å²) < 4.78 is 11.5. The molecule has 2 aromatic heterocycles. The number of ether oxygens (including phenoxy) is 1. The second kappa shape index (κ2) is 9.19. The topological polar surface area (TPSA) is 88.7 Å². The largest absolute Gasteiger partial charge is 0.493 e. The van der Waals surface area contributed by atoms with Gasteiger partial charge in [0.05, 0.1) is 12.7 Å². The molecular formula is C26H30ClN3O4. The number of fused-ring (bicyclic) bond motifs is 1. The Hall–Kier alpha value is -2.64. The summed E-state index contributed by atoms with van der Waals surface area (Å²) in [5, 5.41) is 11.1. The molecule has 5 rings (SSSR count). The van der Waals surface area contributed by atoms with Crippen molar-refractivity contribution >= 4 is 28.6 Å². The summed E-state index contributed by atoms with van der Waals surface area (Å²) in [6, 6.07) is 7.14. The Balaban J connectivity index is 1.39. The van der Waals surface area contributed by atoms with E-state index in [0.29, 0.717) is 65.1 Å². The third kappa shape index (κ3) is 4.91. The maximum Gasteiger partial charge on any atom is 0.254 e. The fourth-order valence-corrected chi connectivity index (χ4v) is 5.06. The van der Waals surface area contributed by atoms with Crippen LogP contribution in [0.5, 0.6) is 5.75 Å². The number of pyridine rings is 1. The van der Waals surface area contributed by atoms with Crippen molar-refractivity contribution in [3.05, 3.63) is 52.6 Å². The van der Waals surface area contributed by atoms with E-state index in [-0.39, 0.29) is 11.9 Å². The van der Waals surface area contributed by atoms with Crippen molar-refractivity contribution in [1.82, 2.24) is 14.9 Å². The van der Waals surface area contributed by atoms with Gasteiger partial charge in [-0.15, -0.1) is 0 Å². The molecule has 180 valence electrons. The summed E-state index contributed by atoms with van der Waals surface area (Å²) in [5.41, 5.74) is 1.93. The van der Waals surface area contributed by atoms with Gasteiger partial charge in [-0.25, -0.2) is 4.98 Å². The zero-order chi connectivity index (χ0) is 23.9. The number of benzene rings is 1. The molecule has 0 bridgehead atoms. The maximum absolute atomic E-state index is 13.6. The number of nitrogens with zero attached hydrogens (tertiary/aromatic N) is 3. The number of aliphatic hydroxyl groups is 1. The number of likely N-dealkylation sites (tertiary alicyclic amines) is 1. The van der Waals surface area contributed by atoms with Crippen LogP contribution in [-0.4, -0.2) is 51.2 Å². The Labute approximate surface area is 204 Å². The highest BCUT2D eigenvalue weighted by atomic mass is 35.5. The van der Waals surface area contributed by atoms with E-state index in [2.05, 4.69) is 16.9 Å². The molecule has 1 aromatic carbocycles. The second-order valence-corrected chi connectivity index (χ2v) is 10.3. The van der Waals surface area contributed by atoms with E-state index in [1.807, 2.05) is 11.0 Å². The van der Waals surface area contributed by atoms with E-state index in [4.69, 9.17) is 20.8 Å². The first-order chi connectivity index (χ1) is 16.3. The number of oxazole rings is 1. The van der Waals surface area contributed by atoms with E-state index in [0.717, 1.165) is 31.4 Å². The van der Waals surface area contributed by atoms with E-state index in [9.17, 15) is 9.90 Å². The van der Waals surface area contributed by atoms with Gasteiger partial charge in [-0.3, -0.25) is 9.78 Å². The molecule has 8 heteroatoms. The quantitative estimate of drug-likeness (QED) is 0.518. The minimum atomic E-state index is -0.593. The normalized spacial score (nSPS) is 21.6. The molecule has 1 amide bonds. The summed E-state index contributed by atoms with van der Waals surface area (Å²) in [4.78, 5) is 24.5. The van der Waals surface area contributed by atoms with Crippen molar-refractivity contribution in [1.29, 1.82) is 0 Å². The molecule has 34 heavy (non-hydrogen) atoms. The highest BCUT2D eigenvalue weighted by Gasteiger charge is 2.45. The smallest absolute Gasteiger partial charge is 0.254 e. The Morgan fingerprint density at radius 3 is 2.85 bits per heavy atom. The van der Waals surface area contributed by atoms with Crippen molar-refractivity contribution in [2.24, 2.45) is 5.92 Å². The lowest BCUT2D eigenvalue weighted by Crippen LogP contribution is -2.48. The van der Waals surface area contributed by atoms with Gasteiger partial charge in [0.25, 0.3) is 5.91 Å². The fourth-order valence-electron chi connectivity index (χ4n) is 4.87. The Kier molecular flexibility index (Phi) is 6.25. The molecule has 1 saturated carbocycles. The van der Waals surface area contributed by atoms with Gasteiger partial charge in [0.2, 0.25) is 0 Å². The van der Waals surface area contributed by atoms with Crippen LogP contribution in [0.1, 0.15) is 61.0 Å². The molecule has 2 atom stereocenters. The van der Waals surface area contributed by atoms with Crippen LogP contribution in [0.2, 0.25) is 5.02 Å². The number of methoxy groups -OCH3 is 1. The number of amides is 1. The lowest BCUT2D eigenvalue weighted by molar-refractivity contribution is 0.0366. The highest BCUT2D eigenvalue weighted by Crippen LogP contribution is 2.42. The zero-order valence-corrected chi connectivity index (χ0v) is 20.3. The van der Waals surface area contributed by atoms with Gasteiger partial charge < -0.3 is 19.2 Å². The molecule has 1 N–H and O–H groups in total. The van der Waals surface area contributed by atoms with E-state index in [1.54, 1.807) is 31.5 Å². The SMILES string of the molecule is COc1cc(C(=O)N2CC(C)CCC2CC2(O)CC2)cc2nc(CCc3cc(Cl)ccn3)oc12. The van der Waals surface area contributed by atoms with Gasteiger partial charge in [-0.2, -0.15) is 0 Å². The third-order valence-corrected chi connectivity index (χ3v) is 7.22. The van der Waals surface area contributed by atoms with Gasteiger partial charge in [0.1, 0.15) is 5.52 Å².